The number of hydrogen-bond donors (Lipinski definition) is 0. The molecule has 0 radical (unpaired) electrons. The van der Waals surface area contributed by atoms with E-state index in [2.05, 4.69) is 0 Å². The predicted molar refractivity (Wildman–Crippen MR) is 102 cm³/mol. The fourth-order valence-corrected chi connectivity index (χ4v) is 3.03. The molecule has 0 amide bonds. The lowest BCUT2D eigenvalue weighted by molar-refractivity contribution is -0.660. The normalized spacial score (nSPS) is 15.7. The highest BCUT2D eigenvalue weighted by atomic mass is 14.9. The van der Waals surface area contributed by atoms with Crippen molar-refractivity contribution in [1.29, 1.82) is 0 Å². The number of aryl methyl sites for hydroxylation is 5. The van der Waals surface area contributed by atoms with Crippen molar-refractivity contribution >= 4 is 0 Å². The molecule has 2 aromatic carbocycles. The van der Waals surface area contributed by atoms with Crippen molar-refractivity contribution in [3.05, 3.63) is 76.5 Å². The monoisotopic (exact) mass is 322 g/mol. The molecule has 0 saturated carbocycles. The zero-order valence-electron chi connectivity index (χ0n) is 20.6. The third-order valence-corrected chi connectivity index (χ3v) is 4.67. The van der Waals surface area contributed by atoms with Gasteiger partial charge in [-0.3, -0.25) is 0 Å². The molecule has 0 fully saturated rings. The maximum Gasteiger partial charge on any atom is 0.213 e. The Morgan fingerprint density at radius 2 is 1.50 bits per heavy atom. The first-order valence-corrected chi connectivity index (χ1v) is 8.03. The maximum atomic E-state index is 8.06. The molecule has 0 spiro atoms. The van der Waals surface area contributed by atoms with Gasteiger partial charge in [-0.25, -0.2) is 4.57 Å². The quantitative estimate of drug-likeness (QED) is 0.557. The Morgan fingerprint density at radius 3 is 2.21 bits per heavy atom. The topological polar surface area (TPSA) is 3.88 Å². The summed E-state index contributed by atoms with van der Waals surface area (Å²) in [6, 6.07) is 13.3. The van der Waals surface area contributed by atoms with Crippen LogP contribution in [0.15, 0.2) is 48.7 Å². The standard InChI is InChI=1S/C23H26N/c1-15-9-7-8-10-21(15)23-13-22(18(4)14-24(23)6)20-11-16(2)19(5)17(3)12-20/h7-14H,1-6H3/q+1/i2D3,4D3. The minimum atomic E-state index is -2.34. The van der Waals surface area contributed by atoms with E-state index < -0.39 is 13.7 Å². The lowest BCUT2D eigenvalue weighted by atomic mass is 9.93. The zero-order valence-corrected chi connectivity index (χ0v) is 14.6. The molecule has 0 aliphatic heterocycles. The molecule has 0 aliphatic carbocycles. The van der Waals surface area contributed by atoms with E-state index in [0.717, 1.165) is 22.4 Å². The SMILES string of the molecule is [2H]C([2H])([2H])c1c[n+](C)c(-c2ccccc2C)cc1-c1cc(C)c(C)c(C([2H])([2H])[2H])c1. The van der Waals surface area contributed by atoms with Gasteiger partial charge in [0.05, 0.1) is 0 Å². The highest BCUT2D eigenvalue weighted by Crippen LogP contribution is 2.30. The number of aromatic nitrogens is 1. The maximum absolute atomic E-state index is 8.06. The van der Waals surface area contributed by atoms with E-state index >= 15 is 0 Å². The molecule has 24 heavy (non-hydrogen) atoms. The minimum Gasteiger partial charge on any atom is -0.201 e. The van der Waals surface area contributed by atoms with Crippen molar-refractivity contribution in [3.63, 3.8) is 0 Å². The average molecular weight is 323 g/mol. The van der Waals surface area contributed by atoms with E-state index in [-0.39, 0.29) is 11.1 Å². The van der Waals surface area contributed by atoms with Crippen LogP contribution in [0, 0.1) is 34.5 Å². The van der Waals surface area contributed by atoms with E-state index in [0.29, 0.717) is 16.7 Å². The van der Waals surface area contributed by atoms with Gasteiger partial charge >= 0.3 is 0 Å². The summed E-state index contributed by atoms with van der Waals surface area (Å²) in [5, 5.41) is 0. The van der Waals surface area contributed by atoms with Gasteiger partial charge in [0.1, 0.15) is 7.05 Å². The molecule has 0 bridgehead atoms. The second-order valence-corrected chi connectivity index (χ2v) is 6.38. The van der Waals surface area contributed by atoms with Crippen molar-refractivity contribution < 1.29 is 12.8 Å². The Kier molecular flexibility index (Phi) is 2.72. The second-order valence-electron chi connectivity index (χ2n) is 6.38. The average Bonchev–Trinajstić information content (AvgIpc) is 2.62. The largest absolute Gasteiger partial charge is 0.213 e. The van der Waals surface area contributed by atoms with Gasteiger partial charge in [0.25, 0.3) is 0 Å². The van der Waals surface area contributed by atoms with Crippen molar-refractivity contribution in [3.8, 4) is 22.4 Å². The van der Waals surface area contributed by atoms with Crippen LogP contribution >= 0.6 is 0 Å². The fourth-order valence-electron chi connectivity index (χ4n) is 3.03. The molecule has 3 rings (SSSR count). The van der Waals surface area contributed by atoms with Crippen molar-refractivity contribution in [1.82, 2.24) is 0 Å². The first kappa shape index (κ1) is 10.5. The number of rotatable bonds is 2. The van der Waals surface area contributed by atoms with E-state index in [1.807, 2.05) is 61.9 Å². The van der Waals surface area contributed by atoms with Gasteiger partial charge < -0.3 is 0 Å². The van der Waals surface area contributed by atoms with Crippen LogP contribution in [0.3, 0.4) is 0 Å². The van der Waals surface area contributed by atoms with Crippen LogP contribution in [0.2, 0.25) is 0 Å². The summed E-state index contributed by atoms with van der Waals surface area (Å²) in [6.45, 7) is 1.04. The molecule has 1 heterocycles. The van der Waals surface area contributed by atoms with E-state index in [1.54, 1.807) is 19.2 Å². The molecule has 0 atom stereocenters. The Hall–Kier alpha value is -2.41. The number of nitrogens with zero attached hydrogens (tertiary/aromatic N) is 1. The smallest absolute Gasteiger partial charge is 0.201 e. The second kappa shape index (κ2) is 6.24. The summed E-state index contributed by atoms with van der Waals surface area (Å²) in [5.74, 6) is 0. The Morgan fingerprint density at radius 1 is 0.792 bits per heavy atom. The third kappa shape index (κ3) is 2.87. The van der Waals surface area contributed by atoms with Crippen LogP contribution in [-0.4, -0.2) is 0 Å². The highest BCUT2D eigenvalue weighted by molar-refractivity contribution is 5.73. The fraction of sp³-hybridized carbons (Fsp3) is 0.261. The molecule has 1 nitrogen and oxygen atoms in total. The lowest BCUT2D eigenvalue weighted by Gasteiger charge is -2.13. The summed E-state index contributed by atoms with van der Waals surface area (Å²) >= 11 is 0. The lowest BCUT2D eigenvalue weighted by Crippen LogP contribution is -2.31. The van der Waals surface area contributed by atoms with Crippen molar-refractivity contribution in [2.75, 3.05) is 0 Å². The van der Waals surface area contributed by atoms with Gasteiger partial charge in [-0.1, -0.05) is 30.3 Å². The summed E-state index contributed by atoms with van der Waals surface area (Å²) in [5.41, 5.74) is 6.04. The number of pyridine rings is 1. The van der Waals surface area contributed by atoms with E-state index in [4.69, 9.17) is 8.22 Å². The van der Waals surface area contributed by atoms with Gasteiger partial charge in [0, 0.05) is 25.4 Å². The molecule has 1 aromatic heterocycles. The van der Waals surface area contributed by atoms with Crippen molar-refractivity contribution in [2.45, 2.75) is 34.5 Å². The van der Waals surface area contributed by atoms with Gasteiger partial charge in [0.15, 0.2) is 6.20 Å². The van der Waals surface area contributed by atoms with Crippen LogP contribution in [0.25, 0.3) is 22.4 Å². The molecular weight excluding hydrogens is 290 g/mol. The first-order chi connectivity index (χ1) is 13.8. The summed E-state index contributed by atoms with van der Waals surface area (Å²) in [7, 11) is 1.83. The molecule has 0 unspecified atom stereocenters. The van der Waals surface area contributed by atoms with E-state index in [9.17, 15) is 0 Å². The molecule has 1 heteroatoms. The Balaban J connectivity index is 2.38. The van der Waals surface area contributed by atoms with Crippen LogP contribution in [0.4, 0.5) is 0 Å². The summed E-state index contributed by atoms with van der Waals surface area (Å²) in [4.78, 5) is 0. The van der Waals surface area contributed by atoms with Gasteiger partial charge in [-0.2, -0.15) is 0 Å². The van der Waals surface area contributed by atoms with Crippen LogP contribution < -0.4 is 4.57 Å². The highest BCUT2D eigenvalue weighted by Gasteiger charge is 2.17. The minimum absolute atomic E-state index is 0.196. The van der Waals surface area contributed by atoms with E-state index in [1.165, 1.54) is 0 Å². The molecular formula is C23H26N+. The zero-order chi connectivity index (χ0) is 22.4. The third-order valence-electron chi connectivity index (χ3n) is 4.67. The summed E-state index contributed by atoms with van der Waals surface area (Å²) in [6.07, 6.45) is 1.63. The molecule has 0 saturated heterocycles. The van der Waals surface area contributed by atoms with Crippen LogP contribution in [0.5, 0.6) is 0 Å². The summed E-state index contributed by atoms with van der Waals surface area (Å²) < 4.78 is 49.7. The van der Waals surface area contributed by atoms with Crippen LogP contribution in [-0.2, 0) is 7.05 Å². The molecule has 3 aromatic rings. The van der Waals surface area contributed by atoms with Crippen LogP contribution in [0.1, 0.15) is 36.0 Å². The number of hydrogen-bond acceptors (Lipinski definition) is 0. The Labute approximate surface area is 154 Å². The molecule has 122 valence electrons. The number of benzene rings is 2. The van der Waals surface area contributed by atoms with Gasteiger partial charge in [0.2, 0.25) is 5.69 Å². The Bertz CT molecular complexity index is 1110. The van der Waals surface area contributed by atoms with Gasteiger partial charge in [-0.15, -0.1) is 0 Å². The molecule has 0 aliphatic rings. The predicted octanol–water partition coefficient (Wildman–Crippen LogP) is 5.39. The van der Waals surface area contributed by atoms with Gasteiger partial charge in [-0.05, 0) is 73.9 Å². The molecule has 0 N–H and O–H groups in total. The van der Waals surface area contributed by atoms with Crippen molar-refractivity contribution in [2.24, 2.45) is 7.05 Å². The first-order valence-electron chi connectivity index (χ1n) is 11.0.